The Hall–Kier alpha value is 0.0969. The monoisotopic (exact) mass is 204 g/mol. The fourth-order valence-corrected chi connectivity index (χ4v) is 2.80. The van der Waals surface area contributed by atoms with Crippen molar-refractivity contribution in [2.45, 2.75) is 38.3 Å². The summed E-state index contributed by atoms with van der Waals surface area (Å²) in [6.45, 7) is 4.41. The van der Waals surface area contributed by atoms with Crippen LogP contribution in [0.15, 0.2) is 0 Å². The lowest BCUT2D eigenvalue weighted by molar-refractivity contribution is -0.171. The molecule has 0 unspecified atom stereocenters. The van der Waals surface area contributed by atoms with Crippen LogP contribution < -0.4 is 0 Å². The SMILES string of the molecule is COC(OC)C1CC(O[SiH](C)C)C1. The van der Waals surface area contributed by atoms with Crippen LogP contribution in [0.1, 0.15) is 12.8 Å². The molecule has 0 radical (unpaired) electrons. The Morgan fingerprint density at radius 2 is 1.69 bits per heavy atom. The summed E-state index contributed by atoms with van der Waals surface area (Å²) in [5, 5.41) is 0. The predicted molar refractivity (Wildman–Crippen MR) is 54.3 cm³/mol. The fraction of sp³-hybridized carbons (Fsp3) is 1.00. The summed E-state index contributed by atoms with van der Waals surface area (Å²) in [7, 11) is 2.54. The van der Waals surface area contributed by atoms with Crippen molar-refractivity contribution in [1.29, 1.82) is 0 Å². The summed E-state index contributed by atoms with van der Waals surface area (Å²) < 4.78 is 16.2. The van der Waals surface area contributed by atoms with E-state index in [1.54, 1.807) is 14.2 Å². The number of hydrogen-bond acceptors (Lipinski definition) is 3. The third-order valence-electron chi connectivity index (χ3n) is 2.45. The third-order valence-corrected chi connectivity index (χ3v) is 3.37. The van der Waals surface area contributed by atoms with Gasteiger partial charge in [-0.3, -0.25) is 0 Å². The van der Waals surface area contributed by atoms with E-state index in [-0.39, 0.29) is 6.29 Å². The van der Waals surface area contributed by atoms with E-state index in [0.29, 0.717) is 12.0 Å². The van der Waals surface area contributed by atoms with Gasteiger partial charge in [0.1, 0.15) is 0 Å². The van der Waals surface area contributed by atoms with Crippen LogP contribution in [0.25, 0.3) is 0 Å². The summed E-state index contributed by atoms with van der Waals surface area (Å²) in [5.41, 5.74) is 0. The molecule has 3 nitrogen and oxygen atoms in total. The highest BCUT2D eigenvalue weighted by atomic mass is 28.3. The molecule has 1 saturated carbocycles. The number of ether oxygens (including phenoxy) is 2. The highest BCUT2D eigenvalue weighted by Gasteiger charge is 2.36. The molecular weight excluding hydrogens is 184 g/mol. The van der Waals surface area contributed by atoms with Gasteiger partial charge >= 0.3 is 0 Å². The second kappa shape index (κ2) is 5.10. The molecular formula is C9H20O3Si. The van der Waals surface area contributed by atoms with Crippen molar-refractivity contribution in [1.82, 2.24) is 0 Å². The molecule has 0 aromatic heterocycles. The molecule has 0 amide bonds. The zero-order chi connectivity index (χ0) is 9.84. The minimum Gasteiger partial charge on any atom is -0.418 e. The molecule has 13 heavy (non-hydrogen) atoms. The van der Waals surface area contributed by atoms with Crippen molar-refractivity contribution in [3.8, 4) is 0 Å². The summed E-state index contributed by atoms with van der Waals surface area (Å²) in [6.07, 6.45) is 2.63. The van der Waals surface area contributed by atoms with E-state index >= 15 is 0 Å². The molecule has 0 saturated heterocycles. The van der Waals surface area contributed by atoms with Gasteiger partial charge < -0.3 is 13.9 Å². The van der Waals surface area contributed by atoms with Crippen molar-refractivity contribution >= 4 is 9.04 Å². The van der Waals surface area contributed by atoms with Gasteiger partial charge in [-0.2, -0.15) is 0 Å². The third kappa shape index (κ3) is 3.05. The van der Waals surface area contributed by atoms with Gasteiger partial charge in [-0.15, -0.1) is 0 Å². The van der Waals surface area contributed by atoms with Crippen molar-refractivity contribution in [3.63, 3.8) is 0 Å². The van der Waals surface area contributed by atoms with Gasteiger partial charge in [0.15, 0.2) is 15.3 Å². The van der Waals surface area contributed by atoms with Crippen molar-refractivity contribution in [2.24, 2.45) is 5.92 Å². The number of hydrogen-bond donors (Lipinski definition) is 0. The zero-order valence-corrected chi connectivity index (χ0v) is 10.1. The summed E-state index contributed by atoms with van der Waals surface area (Å²) >= 11 is 0. The normalized spacial score (nSPS) is 28.2. The molecule has 0 aliphatic heterocycles. The average Bonchev–Trinajstić information content (AvgIpc) is 2.01. The first-order valence-electron chi connectivity index (χ1n) is 4.88. The van der Waals surface area contributed by atoms with Gasteiger partial charge in [-0.1, -0.05) is 0 Å². The molecule has 78 valence electrons. The molecule has 1 aliphatic carbocycles. The van der Waals surface area contributed by atoms with E-state index in [9.17, 15) is 0 Å². The highest BCUT2D eigenvalue weighted by molar-refractivity contribution is 6.48. The van der Waals surface area contributed by atoms with Gasteiger partial charge in [0.2, 0.25) is 0 Å². The molecule has 0 atom stereocenters. The predicted octanol–water partition coefficient (Wildman–Crippen LogP) is 1.38. The Balaban J connectivity index is 2.16. The quantitative estimate of drug-likeness (QED) is 0.500. The standard InChI is InChI=1S/C9H20O3Si/c1-10-9(11-2)7-5-8(6-7)12-13(3)4/h7-9,13H,5-6H2,1-4H3. The van der Waals surface area contributed by atoms with Crippen LogP contribution in [-0.2, 0) is 13.9 Å². The van der Waals surface area contributed by atoms with Crippen LogP contribution in [0.3, 0.4) is 0 Å². The number of methoxy groups -OCH3 is 2. The first-order chi connectivity index (χ1) is 6.17. The smallest absolute Gasteiger partial charge is 0.171 e. The maximum absolute atomic E-state index is 5.78. The molecule has 1 fully saturated rings. The lowest BCUT2D eigenvalue weighted by Gasteiger charge is -2.39. The van der Waals surface area contributed by atoms with Crippen LogP contribution in [0.2, 0.25) is 13.1 Å². The molecule has 0 N–H and O–H groups in total. The molecule has 0 aromatic rings. The summed E-state index contributed by atoms with van der Waals surface area (Å²) in [4.78, 5) is 0. The van der Waals surface area contributed by atoms with Gasteiger partial charge in [0, 0.05) is 26.2 Å². The second-order valence-corrected chi connectivity index (χ2v) is 6.25. The Morgan fingerprint density at radius 3 is 2.08 bits per heavy atom. The first kappa shape index (κ1) is 11.2. The van der Waals surface area contributed by atoms with E-state index in [0.717, 1.165) is 12.8 Å². The average molecular weight is 204 g/mol. The Labute approximate surface area is 82.1 Å². The molecule has 0 aromatic carbocycles. The maximum atomic E-state index is 5.78. The van der Waals surface area contributed by atoms with Crippen LogP contribution in [0.5, 0.6) is 0 Å². The number of rotatable bonds is 5. The van der Waals surface area contributed by atoms with E-state index in [1.807, 2.05) is 0 Å². The van der Waals surface area contributed by atoms with Crippen LogP contribution in [-0.4, -0.2) is 35.7 Å². The van der Waals surface area contributed by atoms with Gasteiger partial charge in [0.05, 0.1) is 0 Å². The maximum Gasteiger partial charge on any atom is 0.171 e. The van der Waals surface area contributed by atoms with E-state index < -0.39 is 9.04 Å². The van der Waals surface area contributed by atoms with Crippen LogP contribution in [0.4, 0.5) is 0 Å². The van der Waals surface area contributed by atoms with Crippen LogP contribution >= 0.6 is 0 Å². The molecule has 0 spiro atoms. The van der Waals surface area contributed by atoms with Gasteiger partial charge in [0.25, 0.3) is 0 Å². The Morgan fingerprint density at radius 1 is 1.15 bits per heavy atom. The first-order valence-corrected chi connectivity index (χ1v) is 7.66. The highest BCUT2D eigenvalue weighted by Crippen LogP contribution is 2.34. The van der Waals surface area contributed by atoms with Gasteiger partial charge in [-0.05, 0) is 25.9 Å². The lowest BCUT2D eigenvalue weighted by atomic mass is 9.82. The fourth-order valence-electron chi connectivity index (χ4n) is 1.81. The minimum absolute atomic E-state index is 0.0336. The zero-order valence-electron chi connectivity index (χ0n) is 8.95. The van der Waals surface area contributed by atoms with Gasteiger partial charge in [-0.25, -0.2) is 0 Å². The summed E-state index contributed by atoms with van der Waals surface area (Å²) in [5.74, 6) is 0.535. The minimum atomic E-state index is -0.853. The van der Waals surface area contributed by atoms with E-state index in [1.165, 1.54) is 0 Å². The molecule has 0 heterocycles. The molecule has 0 bridgehead atoms. The van der Waals surface area contributed by atoms with E-state index in [4.69, 9.17) is 13.9 Å². The lowest BCUT2D eigenvalue weighted by Crippen LogP contribution is -2.42. The second-order valence-electron chi connectivity index (χ2n) is 3.88. The largest absolute Gasteiger partial charge is 0.418 e. The molecule has 4 heteroatoms. The molecule has 1 rings (SSSR count). The van der Waals surface area contributed by atoms with E-state index in [2.05, 4.69) is 13.1 Å². The molecule has 1 aliphatic rings. The van der Waals surface area contributed by atoms with Crippen LogP contribution in [0, 0.1) is 5.92 Å². The van der Waals surface area contributed by atoms with Crippen molar-refractivity contribution < 1.29 is 13.9 Å². The Bertz CT molecular complexity index is 142. The summed E-state index contributed by atoms with van der Waals surface area (Å²) in [6, 6.07) is 0. The van der Waals surface area contributed by atoms with Crippen molar-refractivity contribution in [3.05, 3.63) is 0 Å². The Kier molecular flexibility index (Phi) is 4.38. The topological polar surface area (TPSA) is 27.7 Å². The van der Waals surface area contributed by atoms with Crippen molar-refractivity contribution in [2.75, 3.05) is 14.2 Å².